The summed E-state index contributed by atoms with van der Waals surface area (Å²) in [5, 5.41) is 0. The molecule has 4 nitrogen and oxygen atoms in total. The van der Waals surface area contributed by atoms with Gasteiger partial charge in [-0.15, -0.1) is 0 Å². The molecule has 0 aliphatic rings. The Balaban J connectivity index is 2.18. The molecule has 0 aliphatic carbocycles. The molecule has 0 aliphatic heterocycles. The lowest BCUT2D eigenvalue weighted by molar-refractivity contribution is -0.143. The summed E-state index contributed by atoms with van der Waals surface area (Å²) in [6, 6.07) is 7.95. The van der Waals surface area contributed by atoms with Gasteiger partial charge in [0.1, 0.15) is 12.4 Å². The second-order valence-corrected chi connectivity index (χ2v) is 4.47. The maximum atomic E-state index is 11.2. The van der Waals surface area contributed by atoms with Crippen molar-refractivity contribution in [3.05, 3.63) is 29.8 Å². The first-order valence-corrected chi connectivity index (χ1v) is 6.66. The van der Waals surface area contributed by atoms with Gasteiger partial charge in [-0.05, 0) is 32.5 Å². The van der Waals surface area contributed by atoms with Gasteiger partial charge in [0, 0.05) is 13.1 Å². The summed E-state index contributed by atoms with van der Waals surface area (Å²) in [4.78, 5) is 13.3. The third-order valence-electron chi connectivity index (χ3n) is 2.83. The van der Waals surface area contributed by atoms with Crippen LogP contribution in [0.2, 0.25) is 0 Å². The fraction of sp³-hybridized carbons (Fsp3) is 0.533. The van der Waals surface area contributed by atoms with Crippen LogP contribution in [0.15, 0.2) is 24.3 Å². The van der Waals surface area contributed by atoms with E-state index in [-0.39, 0.29) is 5.97 Å². The van der Waals surface area contributed by atoms with Crippen LogP contribution in [0.5, 0.6) is 5.75 Å². The van der Waals surface area contributed by atoms with Gasteiger partial charge in [-0.3, -0.25) is 4.79 Å². The van der Waals surface area contributed by atoms with Crippen LogP contribution < -0.4 is 4.74 Å². The minimum absolute atomic E-state index is 0.144. The summed E-state index contributed by atoms with van der Waals surface area (Å²) >= 11 is 0. The first-order valence-electron chi connectivity index (χ1n) is 6.66. The van der Waals surface area contributed by atoms with E-state index in [1.165, 1.54) is 0 Å². The van der Waals surface area contributed by atoms with Gasteiger partial charge in [0.25, 0.3) is 0 Å². The van der Waals surface area contributed by atoms with Crippen molar-refractivity contribution in [2.75, 3.05) is 33.4 Å². The molecule has 1 rings (SSSR count). The standard InChI is InChI=1S/C15H23NO3/c1-4-18-15(17)9-10-16(3)11-12-19-14-8-6-5-7-13(14)2/h5-8H,4,9-12H2,1-3H3. The first kappa shape index (κ1) is 15.5. The first-order chi connectivity index (χ1) is 9.13. The molecule has 0 unspecified atom stereocenters. The number of carbonyl (C=O) groups is 1. The fourth-order valence-corrected chi connectivity index (χ4v) is 1.66. The van der Waals surface area contributed by atoms with Gasteiger partial charge in [-0.2, -0.15) is 0 Å². The summed E-state index contributed by atoms with van der Waals surface area (Å²) in [6.07, 6.45) is 0.425. The Bertz CT molecular complexity index is 393. The molecular formula is C15H23NO3. The normalized spacial score (nSPS) is 10.5. The zero-order valence-electron chi connectivity index (χ0n) is 12.0. The van der Waals surface area contributed by atoms with Crippen LogP contribution in [0.1, 0.15) is 18.9 Å². The number of esters is 1. The zero-order chi connectivity index (χ0) is 14.1. The van der Waals surface area contributed by atoms with Gasteiger partial charge in [-0.25, -0.2) is 0 Å². The molecule has 0 saturated heterocycles. The van der Waals surface area contributed by atoms with E-state index < -0.39 is 0 Å². The van der Waals surface area contributed by atoms with Gasteiger partial charge in [0.2, 0.25) is 0 Å². The molecule has 0 bridgehead atoms. The average molecular weight is 265 g/mol. The lowest BCUT2D eigenvalue weighted by Crippen LogP contribution is -2.27. The summed E-state index contributed by atoms with van der Waals surface area (Å²) in [6.45, 7) is 6.38. The number of likely N-dealkylation sites (N-methyl/N-ethyl adjacent to an activating group) is 1. The quantitative estimate of drug-likeness (QED) is 0.676. The van der Waals surface area contributed by atoms with E-state index in [0.29, 0.717) is 26.2 Å². The summed E-state index contributed by atoms with van der Waals surface area (Å²) in [5.41, 5.74) is 1.14. The fourth-order valence-electron chi connectivity index (χ4n) is 1.66. The highest BCUT2D eigenvalue weighted by Gasteiger charge is 2.05. The predicted octanol–water partition coefficient (Wildman–Crippen LogP) is 2.26. The van der Waals surface area contributed by atoms with Crippen LogP contribution in [-0.2, 0) is 9.53 Å². The maximum Gasteiger partial charge on any atom is 0.307 e. The minimum Gasteiger partial charge on any atom is -0.492 e. The highest BCUT2D eigenvalue weighted by molar-refractivity contribution is 5.69. The number of hydrogen-bond donors (Lipinski definition) is 0. The van der Waals surface area contributed by atoms with Crippen LogP contribution in [0.25, 0.3) is 0 Å². The Kier molecular flexibility index (Phi) is 6.97. The lowest BCUT2D eigenvalue weighted by Gasteiger charge is -2.17. The van der Waals surface area contributed by atoms with Gasteiger partial charge < -0.3 is 14.4 Å². The number of hydrogen-bond acceptors (Lipinski definition) is 4. The summed E-state index contributed by atoms with van der Waals surface area (Å²) < 4.78 is 10.6. The van der Waals surface area contributed by atoms with Gasteiger partial charge >= 0.3 is 5.97 Å². The van der Waals surface area contributed by atoms with E-state index in [9.17, 15) is 4.79 Å². The third-order valence-corrected chi connectivity index (χ3v) is 2.83. The Morgan fingerprint density at radius 1 is 1.26 bits per heavy atom. The molecule has 0 amide bonds. The SMILES string of the molecule is CCOC(=O)CCN(C)CCOc1ccccc1C. The smallest absolute Gasteiger partial charge is 0.307 e. The number of ether oxygens (including phenoxy) is 2. The van der Waals surface area contributed by atoms with Crippen molar-refractivity contribution in [1.29, 1.82) is 0 Å². The van der Waals surface area contributed by atoms with Crippen LogP contribution in [0.4, 0.5) is 0 Å². The van der Waals surface area contributed by atoms with Gasteiger partial charge in [0.05, 0.1) is 13.0 Å². The monoisotopic (exact) mass is 265 g/mol. The van der Waals surface area contributed by atoms with Gasteiger partial charge in [0.15, 0.2) is 0 Å². The average Bonchev–Trinajstić information content (AvgIpc) is 2.39. The van der Waals surface area contributed by atoms with Crippen molar-refractivity contribution < 1.29 is 14.3 Å². The molecule has 0 fully saturated rings. The van der Waals surface area contributed by atoms with Crippen molar-refractivity contribution in [2.45, 2.75) is 20.3 Å². The van der Waals surface area contributed by atoms with Gasteiger partial charge in [-0.1, -0.05) is 18.2 Å². The van der Waals surface area contributed by atoms with Crippen molar-refractivity contribution in [3.8, 4) is 5.75 Å². The molecule has 1 aromatic rings. The molecular weight excluding hydrogens is 242 g/mol. The Hall–Kier alpha value is -1.55. The van der Waals surface area contributed by atoms with Crippen molar-refractivity contribution in [1.82, 2.24) is 4.90 Å². The number of benzene rings is 1. The van der Waals surface area contributed by atoms with Crippen LogP contribution in [0, 0.1) is 6.92 Å². The largest absolute Gasteiger partial charge is 0.492 e. The molecule has 1 aromatic carbocycles. The molecule has 106 valence electrons. The molecule has 19 heavy (non-hydrogen) atoms. The number of carbonyl (C=O) groups excluding carboxylic acids is 1. The molecule has 4 heteroatoms. The Morgan fingerprint density at radius 3 is 2.68 bits per heavy atom. The van der Waals surface area contributed by atoms with E-state index >= 15 is 0 Å². The van der Waals surface area contributed by atoms with E-state index in [4.69, 9.17) is 9.47 Å². The lowest BCUT2D eigenvalue weighted by atomic mass is 10.2. The van der Waals surface area contributed by atoms with Crippen molar-refractivity contribution in [3.63, 3.8) is 0 Å². The van der Waals surface area contributed by atoms with E-state index in [1.807, 2.05) is 45.2 Å². The zero-order valence-corrected chi connectivity index (χ0v) is 12.0. The molecule has 0 heterocycles. The third kappa shape index (κ3) is 6.25. The maximum absolute atomic E-state index is 11.2. The number of para-hydroxylation sites is 1. The molecule has 0 aromatic heterocycles. The Morgan fingerprint density at radius 2 is 2.00 bits per heavy atom. The number of nitrogens with zero attached hydrogens (tertiary/aromatic N) is 1. The Labute approximate surface area is 115 Å². The topological polar surface area (TPSA) is 38.8 Å². The van der Waals surface area contributed by atoms with E-state index in [0.717, 1.165) is 17.9 Å². The minimum atomic E-state index is -0.144. The number of rotatable bonds is 8. The molecule has 0 spiro atoms. The van der Waals surface area contributed by atoms with Crippen LogP contribution in [0.3, 0.4) is 0 Å². The predicted molar refractivity (Wildman–Crippen MR) is 75.4 cm³/mol. The molecule has 0 N–H and O–H groups in total. The molecule has 0 saturated carbocycles. The number of aryl methyl sites for hydroxylation is 1. The summed E-state index contributed by atoms with van der Waals surface area (Å²) in [5.74, 6) is 0.774. The van der Waals surface area contributed by atoms with Crippen molar-refractivity contribution >= 4 is 5.97 Å². The molecule has 0 atom stereocenters. The van der Waals surface area contributed by atoms with E-state index in [2.05, 4.69) is 4.90 Å². The van der Waals surface area contributed by atoms with Crippen LogP contribution in [-0.4, -0.2) is 44.2 Å². The van der Waals surface area contributed by atoms with Crippen LogP contribution >= 0.6 is 0 Å². The summed E-state index contributed by atoms with van der Waals surface area (Å²) in [7, 11) is 1.97. The highest BCUT2D eigenvalue weighted by atomic mass is 16.5. The highest BCUT2D eigenvalue weighted by Crippen LogP contribution is 2.15. The van der Waals surface area contributed by atoms with E-state index in [1.54, 1.807) is 0 Å². The molecule has 0 radical (unpaired) electrons. The van der Waals surface area contributed by atoms with Crippen molar-refractivity contribution in [2.24, 2.45) is 0 Å². The second kappa shape index (κ2) is 8.53. The second-order valence-electron chi connectivity index (χ2n) is 4.47.